The topological polar surface area (TPSA) is 82.5 Å². The summed E-state index contributed by atoms with van der Waals surface area (Å²) in [6, 6.07) is 15.1. The van der Waals surface area contributed by atoms with E-state index in [1.54, 1.807) is 45.3 Å². The van der Waals surface area contributed by atoms with E-state index in [9.17, 15) is 19.1 Å². The van der Waals surface area contributed by atoms with Crippen LogP contribution in [-0.2, 0) is 4.79 Å². The molecule has 7 heteroatoms. The molecule has 2 N–H and O–H groups in total. The van der Waals surface area contributed by atoms with E-state index in [-0.39, 0.29) is 0 Å². The fourth-order valence-electron chi connectivity index (χ4n) is 3.35. The Kier molecular flexibility index (Phi) is 6.34. The molecular weight excluding hydrogens is 397 g/mol. The molecule has 0 aliphatic rings. The second-order valence-electron chi connectivity index (χ2n) is 8.08. The molecule has 160 valence electrons. The molecule has 6 nitrogen and oxygen atoms in total. The van der Waals surface area contributed by atoms with Crippen molar-refractivity contribution in [3.63, 3.8) is 0 Å². The minimum atomic E-state index is -1.25. The molecule has 3 aromatic rings. The Morgan fingerprint density at radius 3 is 2.00 bits per heavy atom. The van der Waals surface area contributed by atoms with Crippen molar-refractivity contribution in [3.05, 3.63) is 84.4 Å². The Labute approximate surface area is 180 Å². The van der Waals surface area contributed by atoms with Gasteiger partial charge >= 0.3 is 6.09 Å². The molecule has 1 atom stereocenters. The minimum absolute atomic E-state index is 0.379. The van der Waals surface area contributed by atoms with Gasteiger partial charge in [0, 0.05) is 23.6 Å². The van der Waals surface area contributed by atoms with Crippen LogP contribution in [0.5, 0.6) is 0 Å². The molecule has 1 heterocycles. The lowest BCUT2D eigenvalue weighted by Crippen LogP contribution is -2.50. The van der Waals surface area contributed by atoms with Gasteiger partial charge in [-0.25, -0.2) is 9.18 Å². The van der Waals surface area contributed by atoms with Crippen molar-refractivity contribution in [3.8, 4) is 11.1 Å². The lowest BCUT2D eigenvalue weighted by atomic mass is 9.97. The zero-order valence-electron chi connectivity index (χ0n) is 17.5. The maximum Gasteiger partial charge on any atom is 0.408 e. The van der Waals surface area contributed by atoms with Crippen molar-refractivity contribution in [2.75, 3.05) is 5.32 Å². The predicted octanol–water partition coefficient (Wildman–Crippen LogP) is 5.35. The Hall–Kier alpha value is -3.74. The minimum Gasteiger partial charge on any atom is -0.465 e. The molecule has 2 amide bonds. The van der Waals surface area contributed by atoms with E-state index < -0.39 is 29.4 Å². The van der Waals surface area contributed by atoms with Crippen LogP contribution in [0.15, 0.2) is 73.1 Å². The highest BCUT2D eigenvalue weighted by atomic mass is 19.1. The maximum absolute atomic E-state index is 13.4. The van der Waals surface area contributed by atoms with Gasteiger partial charge in [0.25, 0.3) is 5.91 Å². The monoisotopic (exact) mass is 421 g/mol. The standard InChI is InChI=1S/C24H24FN3O3/c1-24(2,3)28(23(30)31)21(18-4-8-19(25)9-5-18)22(29)27-20-10-6-16(7-11-20)17-12-14-26-15-13-17/h4-15,21H,1-3H3,(H,27,29)(H,30,31)/t21-/m0/s1. The number of rotatable bonds is 5. The lowest BCUT2D eigenvalue weighted by molar-refractivity contribution is -0.122. The number of pyridine rings is 1. The molecule has 0 bridgehead atoms. The van der Waals surface area contributed by atoms with Gasteiger partial charge in [0.15, 0.2) is 0 Å². The van der Waals surface area contributed by atoms with Crippen LogP contribution in [0.25, 0.3) is 11.1 Å². The van der Waals surface area contributed by atoms with Gasteiger partial charge in [0.2, 0.25) is 0 Å². The van der Waals surface area contributed by atoms with E-state index in [1.165, 1.54) is 24.3 Å². The van der Waals surface area contributed by atoms with Gasteiger partial charge in [-0.05, 0) is 73.9 Å². The number of carbonyl (C=O) groups is 2. The summed E-state index contributed by atoms with van der Waals surface area (Å²) in [5, 5.41) is 12.6. The fraction of sp³-hybridized carbons (Fsp3) is 0.208. The zero-order chi connectivity index (χ0) is 22.6. The number of nitrogens with one attached hydrogen (secondary N) is 1. The van der Waals surface area contributed by atoms with Crippen LogP contribution >= 0.6 is 0 Å². The molecule has 0 aliphatic heterocycles. The number of carbonyl (C=O) groups excluding carboxylic acids is 1. The van der Waals surface area contributed by atoms with E-state index in [1.807, 2.05) is 24.3 Å². The number of anilines is 1. The number of hydrogen-bond acceptors (Lipinski definition) is 3. The lowest BCUT2D eigenvalue weighted by Gasteiger charge is -2.39. The third kappa shape index (κ3) is 5.25. The van der Waals surface area contributed by atoms with Crippen molar-refractivity contribution in [1.29, 1.82) is 0 Å². The van der Waals surface area contributed by atoms with Crippen LogP contribution in [-0.4, -0.2) is 32.5 Å². The van der Waals surface area contributed by atoms with Crippen molar-refractivity contribution < 1.29 is 19.1 Å². The molecule has 0 spiro atoms. The van der Waals surface area contributed by atoms with Crippen LogP contribution in [0.4, 0.5) is 14.9 Å². The molecule has 0 saturated heterocycles. The summed E-state index contributed by atoms with van der Waals surface area (Å²) in [6.07, 6.45) is 2.15. The number of halogens is 1. The Morgan fingerprint density at radius 1 is 0.935 bits per heavy atom. The summed E-state index contributed by atoms with van der Waals surface area (Å²) >= 11 is 0. The number of nitrogens with zero attached hydrogens (tertiary/aromatic N) is 2. The first-order valence-corrected chi connectivity index (χ1v) is 9.76. The first kappa shape index (κ1) is 22.0. The molecule has 1 aromatic heterocycles. The van der Waals surface area contributed by atoms with Gasteiger partial charge in [-0.3, -0.25) is 14.7 Å². The summed E-state index contributed by atoms with van der Waals surface area (Å²) in [7, 11) is 0. The largest absolute Gasteiger partial charge is 0.465 e. The number of amides is 2. The third-order valence-corrected chi connectivity index (χ3v) is 4.79. The van der Waals surface area contributed by atoms with Gasteiger partial charge in [-0.2, -0.15) is 0 Å². The highest BCUT2D eigenvalue weighted by Gasteiger charge is 2.38. The number of hydrogen-bond donors (Lipinski definition) is 2. The van der Waals surface area contributed by atoms with Gasteiger partial charge < -0.3 is 10.4 Å². The van der Waals surface area contributed by atoms with Crippen LogP contribution in [0.2, 0.25) is 0 Å². The molecule has 2 aromatic carbocycles. The molecular formula is C24H24FN3O3. The van der Waals surface area contributed by atoms with Gasteiger partial charge in [-0.15, -0.1) is 0 Å². The van der Waals surface area contributed by atoms with Crippen molar-refractivity contribution in [1.82, 2.24) is 9.88 Å². The Morgan fingerprint density at radius 2 is 1.48 bits per heavy atom. The first-order valence-electron chi connectivity index (χ1n) is 9.76. The zero-order valence-corrected chi connectivity index (χ0v) is 17.5. The molecule has 0 saturated carbocycles. The van der Waals surface area contributed by atoms with Crippen molar-refractivity contribution >= 4 is 17.7 Å². The van der Waals surface area contributed by atoms with E-state index >= 15 is 0 Å². The summed E-state index contributed by atoms with van der Waals surface area (Å²) in [6.45, 7) is 5.11. The van der Waals surface area contributed by atoms with E-state index in [0.717, 1.165) is 16.0 Å². The molecule has 0 unspecified atom stereocenters. The van der Waals surface area contributed by atoms with Crippen LogP contribution in [0.3, 0.4) is 0 Å². The average Bonchev–Trinajstić information content (AvgIpc) is 2.72. The summed E-state index contributed by atoms with van der Waals surface area (Å²) in [4.78, 5) is 30.3. The maximum atomic E-state index is 13.4. The Balaban J connectivity index is 1.91. The number of carboxylic acid groups (broad SMARTS) is 1. The molecule has 31 heavy (non-hydrogen) atoms. The van der Waals surface area contributed by atoms with E-state index in [4.69, 9.17) is 0 Å². The SMILES string of the molecule is CC(C)(C)N(C(=O)O)[C@H](C(=O)Nc1ccc(-c2ccncc2)cc1)c1ccc(F)cc1. The smallest absolute Gasteiger partial charge is 0.408 e. The molecule has 3 rings (SSSR count). The second kappa shape index (κ2) is 8.95. The van der Waals surface area contributed by atoms with Crippen LogP contribution in [0, 0.1) is 5.82 Å². The number of aromatic nitrogens is 1. The molecule has 0 fully saturated rings. The first-order chi connectivity index (χ1) is 14.7. The van der Waals surface area contributed by atoms with Crippen LogP contribution < -0.4 is 5.32 Å². The van der Waals surface area contributed by atoms with Gasteiger partial charge in [0.05, 0.1) is 0 Å². The quantitative estimate of drug-likeness (QED) is 0.582. The normalized spacial score (nSPS) is 12.1. The van der Waals surface area contributed by atoms with Crippen LogP contribution in [0.1, 0.15) is 32.4 Å². The highest BCUT2D eigenvalue weighted by Crippen LogP contribution is 2.30. The summed E-state index contributed by atoms with van der Waals surface area (Å²) in [5.74, 6) is -0.993. The average molecular weight is 421 g/mol. The molecule has 0 radical (unpaired) electrons. The van der Waals surface area contributed by atoms with Gasteiger partial charge in [0.1, 0.15) is 11.9 Å². The van der Waals surface area contributed by atoms with Crippen molar-refractivity contribution in [2.24, 2.45) is 0 Å². The summed E-state index contributed by atoms with van der Waals surface area (Å²) in [5.41, 5.74) is 1.98. The number of benzene rings is 2. The van der Waals surface area contributed by atoms with E-state index in [0.29, 0.717) is 11.3 Å². The predicted molar refractivity (Wildman–Crippen MR) is 117 cm³/mol. The highest BCUT2D eigenvalue weighted by molar-refractivity contribution is 5.97. The third-order valence-electron chi connectivity index (χ3n) is 4.79. The van der Waals surface area contributed by atoms with E-state index in [2.05, 4.69) is 10.3 Å². The Bertz CT molecular complexity index is 1050. The van der Waals surface area contributed by atoms with Gasteiger partial charge in [-0.1, -0.05) is 24.3 Å². The molecule has 0 aliphatic carbocycles. The second-order valence-corrected chi connectivity index (χ2v) is 8.08. The fourth-order valence-corrected chi connectivity index (χ4v) is 3.35. The van der Waals surface area contributed by atoms with Crippen molar-refractivity contribution in [2.45, 2.75) is 32.4 Å². The summed E-state index contributed by atoms with van der Waals surface area (Å²) < 4.78 is 13.4.